The van der Waals surface area contributed by atoms with Gasteiger partial charge >= 0.3 is 12.1 Å². The van der Waals surface area contributed by atoms with Gasteiger partial charge in [0, 0.05) is 64.7 Å². The minimum Gasteiger partial charge on any atom is -0.462 e. The van der Waals surface area contributed by atoms with Gasteiger partial charge < -0.3 is 52.7 Å². The summed E-state index contributed by atoms with van der Waals surface area (Å²) in [5.41, 5.74) is 6.61. The third-order valence-electron chi connectivity index (χ3n) is 13.0. The predicted molar refractivity (Wildman–Crippen MR) is 243 cm³/mol. The number of Topliss-reactive ketones (excluding diaryl/α,β-unsaturated/α-hetero) is 1. The van der Waals surface area contributed by atoms with Gasteiger partial charge in [0.15, 0.2) is 11.4 Å². The number of aliphatic hydroxyl groups excluding tert-OH is 1. The number of carbonyl (C=O) groups is 4. The van der Waals surface area contributed by atoms with E-state index in [2.05, 4.69) is 28.8 Å². The Morgan fingerprint density at radius 1 is 0.939 bits per heavy atom. The van der Waals surface area contributed by atoms with E-state index in [-0.39, 0.29) is 78.4 Å². The zero-order valence-electron chi connectivity index (χ0n) is 40.3. The number of hydrogen-bond donors (Lipinski definition) is 2. The van der Waals surface area contributed by atoms with E-state index in [9.17, 15) is 24.3 Å². The Morgan fingerprint density at radius 2 is 1.62 bits per heavy atom. The second kappa shape index (κ2) is 25.7. The quantitative estimate of drug-likeness (QED) is 0.103. The Labute approximate surface area is 388 Å². The molecule has 4 rings (SSSR count). The third kappa shape index (κ3) is 15.2. The van der Waals surface area contributed by atoms with Gasteiger partial charge in [-0.05, 0) is 55.9 Å². The van der Waals surface area contributed by atoms with Gasteiger partial charge in [-0.3, -0.25) is 14.4 Å². The van der Waals surface area contributed by atoms with Crippen LogP contribution < -0.4 is 5.73 Å². The number of carbonyl (C=O) groups excluding carboxylic acids is 4. The SMILES string of the molecule is COC1CC=Cc2nc(co2)-c2nc(co2)-c2nc(co2)C(OC)C(C)C(O)CC(C)CC(OC(N)=O)CC(=O)OC(CC(C)C(C)CCC(=O)C(C)C(OC)C(C)/C=C/N(C)C=O)C1C. The average molecular weight is 926 g/mol. The van der Waals surface area contributed by atoms with E-state index in [0.717, 1.165) is 0 Å². The second-order valence-corrected chi connectivity index (χ2v) is 18.1. The van der Waals surface area contributed by atoms with Gasteiger partial charge in [-0.2, -0.15) is 0 Å². The summed E-state index contributed by atoms with van der Waals surface area (Å²) < 4.78 is 46.4. The van der Waals surface area contributed by atoms with Crippen LogP contribution in [0.5, 0.6) is 0 Å². The second-order valence-electron chi connectivity index (χ2n) is 18.1. The topological polar surface area (TPSA) is 242 Å². The van der Waals surface area contributed by atoms with Gasteiger partial charge in [-0.15, -0.1) is 0 Å². The maximum Gasteiger partial charge on any atom is 0.404 e. The number of nitrogens with zero attached hydrogens (tertiary/aromatic N) is 4. The van der Waals surface area contributed by atoms with Crippen LogP contribution in [0.15, 0.2) is 50.4 Å². The van der Waals surface area contributed by atoms with Gasteiger partial charge in [-0.1, -0.05) is 60.6 Å². The van der Waals surface area contributed by atoms with Gasteiger partial charge in [0.05, 0.1) is 24.7 Å². The minimum absolute atomic E-state index is 0.00120. The first kappa shape index (κ1) is 53.4. The number of methoxy groups -OCH3 is 3. The maximum absolute atomic E-state index is 13.9. The van der Waals surface area contributed by atoms with Crippen molar-refractivity contribution in [3.8, 4) is 23.2 Å². The molecule has 0 aromatic carbocycles. The highest BCUT2D eigenvalue weighted by Gasteiger charge is 2.35. The summed E-state index contributed by atoms with van der Waals surface area (Å²) in [6.07, 6.45) is 9.09. The number of ketones is 1. The number of fused-ring (bicyclic) bond motifs is 8. The van der Waals surface area contributed by atoms with Gasteiger partial charge in [0.25, 0.3) is 0 Å². The fourth-order valence-corrected chi connectivity index (χ4v) is 8.60. The van der Waals surface area contributed by atoms with E-state index in [4.69, 9.17) is 42.7 Å². The van der Waals surface area contributed by atoms with Crippen LogP contribution in [0.3, 0.4) is 0 Å². The van der Waals surface area contributed by atoms with Crippen molar-refractivity contribution < 1.29 is 61.2 Å². The Kier molecular flexibility index (Phi) is 20.8. The molecule has 1 aliphatic heterocycles. The highest BCUT2D eigenvalue weighted by atomic mass is 16.6. The molecular formula is C48H71N5O13. The molecule has 1 aliphatic rings. The van der Waals surface area contributed by atoms with Crippen LogP contribution in [0.4, 0.5) is 4.79 Å². The summed E-state index contributed by atoms with van der Waals surface area (Å²) in [6.45, 7) is 13.6. The van der Waals surface area contributed by atoms with Crippen molar-refractivity contribution >= 4 is 30.3 Å². The van der Waals surface area contributed by atoms with E-state index >= 15 is 0 Å². The van der Waals surface area contributed by atoms with Crippen molar-refractivity contribution in [2.75, 3.05) is 28.4 Å². The summed E-state index contributed by atoms with van der Waals surface area (Å²) in [6, 6.07) is 0. The summed E-state index contributed by atoms with van der Waals surface area (Å²) in [7, 11) is 6.33. The van der Waals surface area contributed by atoms with E-state index in [1.165, 1.54) is 30.8 Å². The number of hydrogen-bond acceptors (Lipinski definition) is 16. The van der Waals surface area contributed by atoms with Crippen LogP contribution in [-0.4, -0.2) is 108 Å². The van der Waals surface area contributed by atoms with Gasteiger partial charge in [0.1, 0.15) is 48.6 Å². The van der Waals surface area contributed by atoms with E-state index in [1.54, 1.807) is 33.5 Å². The molecule has 0 saturated carbocycles. The van der Waals surface area contributed by atoms with Crippen LogP contribution in [0.1, 0.15) is 111 Å². The largest absolute Gasteiger partial charge is 0.462 e. The number of esters is 1. The lowest BCUT2D eigenvalue weighted by molar-refractivity contribution is -0.158. The smallest absolute Gasteiger partial charge is 0.404 e. The molecular weight excluding hydrogens is 855 g/mol. The van der Waals surface area contributed by atoms with Crippen molar-refractivity contribution in [1.29, 1.82) is 0 Å². The summed E-state index contributed by atoms with van der Waals surface area (Å²) in [5, 5.41) is 11.4. The van der Waals surface area contributed by atoms with Crippen LogP contribution in [0.2, 0.25) is 0 Å². The monoisotopic (exact) mass is 926 g/mol. The maximum atomic E-state index is 13.9. The van der Waals surface area contributed by atoms with Crippen molar-refractivity contribution in [3.05, 3.63) is 48.7 Å². The van der Waals surface area contributed by atoms with Crippen LogP contribution in [0, 0.1) is 41.4 Å². The molecule has 66 heavy (non-hydrogen) atoms. The number of ether oxygens (including phenoxy) is 5. The molecule has 2 amide bonds. The third-order valence-corrected chi connectivity index (χ3v) is 13.0. The normalized spacial score (nSPS) is 26.0. The number of amides is 2. The lowest BCUT2D eigenvalue weighted by atomic mass is 9.81. The fourth-order valence-electron chi connectivity index (χ4n) is 8.60. The van der Waals surface area contributed by atoms with Crippen LogP contribution >= 0.6 is 0 Å². The molecule has 0 radical (unpaired) electrons. The lowest BCUT2D eigenvalue weighted by Crippen LogP contribution is -2.37. The predicted octanol–water partition coefficient (Wildman–Crippen LogP) is 7.82. The Bertz CT molecular complexity index is 2040. The lowest BCUT2D eigenvalue weighted by Gasteiger charge is -2.33. The molecule has 18 heteroatoms. The molecule has 0 fully saturated rings. The number of aromatic nitrogens is 3. The van der Waals surface area contributed by atoms with Gasteiger partial charge in [0.2, 0.25) is 24.1 Å². The number of primary amides is 1. The Hall–Kier alpha value is -5.17. The number of oxazole rings is 3. The molecule has 0 spiro atoms. The number of nitrogens with two attached hydrogens (primary N) is 1. The number of cyclic esters (lactones) is 1. The van der Waals surface area contributed by atoms with E-state index < -0.39 is 48.5 Å². The molecule has 366 valence electrons. The van der Waals surface area contributed by atoms with E-state index in [1.807, 2.05) is 46.8 Å². The fraction of sp³-hybridized carbons (Fsp3) is 0.646. The van der Waals surface area contributed by atoms with Crippen molar-refractivity contribution in [1.82, 2.24) is 19.9 Å². The highest BCUT2D eigenvalue weighted by Crippen LogP contribution is 2.34. The van der Waals surface area contributed by atoms with Crippen molar-refractivity contribution in [2.24, 2.45) is 47.2 Å². The van der Waals surface area contributed by atoms with Crippen molar-refractivity contribution in [3.63, 3.8) is 0 Å². The molecule has 0 aliphatic carbocycles. The van der Waals surface area contributed by atoms with E-state index in [0.29, 0.717) is 55.1 Å². The zero-order chi connectivity index (χ0) is 48.7. The summed E-state index contributed by atoms with van der Waals surface area (Å²) >= 11 is 0. The molecule has 6 bridgehead atoms. The molecule has 3 aromatic heterocycles. The molecule has 4 heterocycles. The van der Waals surface area contributed by atoms with Crippen molar-refractivity contribution in [2.45, 2.75) is 130 Å². The Morgan fingerprint density at radius 3 is 2.29 bits per heavy atom. The summed E-state index contributed by atoms with van der Waals surface area (Å²) in [4.78, 5) is 65.6. The first-order chi connectivity index (χ1) is 31.4. The highest BCUT2D eigenvalue weighted by molar-refractivity contribution is 5.81. The number of aliphatic hydroxyl groups is 1. The standard InChI is InChI=1S/C48H71N5O13/c1-27-19-34(65-48(49)58)22-43(57)66-41(21-30(4)28(2)15-16-38(55)31(5)44(60-10)29(3)17-18-53(8)26-54)33(7)40(59-9)13-12-14-42-50-36(24-62-42)46-52-37(25-64-46)47-51-35(23-63-47)45(61-11)32(6)39(56)20-27/h12,14,17-18,23-34,39-41,44-45,56H,13,15-16,19-22H2,1-11H3,(H2,49,58)/b14-12?,18-17+. The summed E-state index contributed by atoms with van der Waals surface area (Å²) in [5.74, 6) is -1.32. The molecule has 18 nitrogen and oxygen atoms in total. The molecule has 3 aromatic rings. The van der Waals surface area contributed by atoms with Crippen LogP contribution in [-0.2, 0) is 38.1 Å². The Balaban J connectivity index is 1.58. The first-order valence-corrected chi connectivity index (χ1v) is 22.7. The van der Waals surface area contributed by atoms with Gasteiger partial charge in [-0.25, -0.2) is 19.7 Å². The molecule has 0 saturated heterocycles. The first-order valence-electron chi connectivity index (χ1n) is 22.7. The molecule has 3 N–H and O–H groups in total. The number of rotatable bonds is 16. The molecule has 13 unspecified atom stereocenters. The molecule has 13 atom stereocenters. The minimum atomic E-state index is -1.03. The average Bonchev–Trinajstić information content (AvgIpc) is 4.07. The zero-order valence-corrected chi connectivity index (χ0v) is 40.3. The van der Waals surface area contributed by atoms with Crippen LogP contribution in [0.25, 0.3) is 29.2 Å².